The summed E-state index contributed by atoms with van der Waals surface area (Å²) in [5.41, 5.74) is 9.20. The summed E-state index contributed by atoms with van der Waals surface area (Å²) in [6, 6.07) is 4.38. The first-order valence-corrected chi connectivity index (χ1v) is 7.04. The first-order valence-electron chi connectivity index (χ1n) is 7.04. The minimum atomic E-state index is 0.269. The molecule has 1 rings (SSSR count). The van der Waals surface area contributed by atoms with E-state index in [9.17, 15) is 5.11 Å². The fourth-order valence-corrected chi connectivity index (χ4v) is 2.23. The highest BCUT2D eigenvalue weighted by atomic mass is 16.3. The Morgan fingerprint density at radius 3 is 2.21 bits per heavy atom. The second-order valence-electron chi connectivity index (χ2n) is 6.01. The van der Waals surface area contributed by atoms with Crippen LogP contribution < -0.4 is 5.73 Å². The molecule has 3 N–H and O–H groups in total. The van der Waals surface area contributed by atoms with Crippen LogP contribution in [0.5, 0.6) is 5.75 Å². The number of hydrogen-bond donors (Lipinski definition) is 2. The molecule has 0 aliphatic carbocycles. The summed E-state index contributed by atoms with van der Waals surface area (Å²) in [6.45, 7) is 10.1. The van der Waals surface area contributed by atoms with Crippen LogP contribution in [0.2, 0.25) is 0 Å². The highest BCUT2D eigenvalue weighted by molar-refractivity contribution is 5.42. The fourth-order valence-electron chi connectivity index (χ4n) is 2.23. The molecule has 1 aromatic carbocycles. The maximum atomic E-state index is 9.77. The monoisotopic (exact) mass is 264 g/mol. The Bertz CT molecular complexity index is 392. The van der Waals surface area contributed by atoms with E-state index in [0.717, 1.165) is 30.6 Å². The minimum absolute atomic E-state index is 0.269. The van der Waals surface area contributed by atoms with Crippen molar-refractivity contribution in [2.45, 2.75) is 46.7 Å². The average Bonchev–Trinajstić information content (AvgIpc) is 2.32. The fraction of sp³-hybridized carbons (Fsp3) is 0.625. The van der Waals surface area contributed by atoms with E-state index in [1.54, 1.807) is 0 Å². The van der Waals surface area contributed by atoms with Crippen LogP contribution in [0.1, 0.15) is 37.0 Å². The van der Waals surface area contributed by atoms with Gasteiger partial charge in [-0.3, -0.25) is 0 Å². The van der Waals surface area contributed by atoms with Gasteiger partial charge >= 0.3 is 0 Å². The van der Waals surface area contributed by atoms with E-state index < -0.39 is 0 Å². The third-order valence-electron chi connectivity index (χ3n) is 3.70. The minimum Gasteiger partial charge on any atom is -0.507 e. The molecule has 1 atom stereocenters. The number of benzene rings is 1. The van der Waals surface area contributed by atoms with E-state index in [4.69, 9.17) is 5.73 Å². The molecule has 19 heavy (non-hydrogen) atoms. The predicted octanol–water partition coefficient (Wildman–Crippen LogP) is 2.81. The molecular weight excluding hydrogens is 236 g/mol. The van der Waals surface area contributed by atoms with Crippen LogP contribution in [-0.4, -0.2) is 29.6 Å². The Kier molecular flexibility index (Phi) is 5.83. The number of rotatable bonds is 6. The molecule has 0 spiro atoms. The first-order chi connectivity index (χ1) is 8.81. The quantitative estimate of drug-likeness (QED) is 0.830. The van der Waals surface area contributed by atoms with Gasteiger partial charge in [0.1, 0.15) is 5.75 Å². The lowest BCUT2D eigenvalue weighted by Gasteiger charge is -2.21. The largest absolute Gasteiger partial charge is 0.507 e. The number of phenols is 1. The molecule has 0 aromatic heterocycles. The van der Waals surface area contributed by atoms with E-state index in [-0.39, 0.29) is 6.04 Å². The zero-order valence-corrected chi connectivity index (χ0v) is 12.9. The molecule has 0 saturated carbocycles. The third-order valence-corrected chi connectivity index (χ3v) is 3.70. The van der Waals surface area contributed by atoms with Gasteiger partial charge in [0.25, 0.3) is 0 Å². The normalized spacial score (nSPS) is 13.3. The van der Waals surface area contributed by atoms with E-state index >= 15 is 0 Å². The molecule has 3 nitrogen and oxygen atoms in total. The van der Waals surface area contributed by atoms with Crippen LogP contribution >= 0.6 is 0 Å². The maximum Gasteiger partial charge on any atom is 0.121 e. The molecule has 0 radical (unpaired) electrons. The van der Waals surface area contributed by atoms with Crippen molar-refractivity contribution in [2.24, 2.45) is 11.7 Å². The van der Waals surface area contributed by atoms with Crippen LogP contribution in [0, 0.1) is 19.8 Å². The second kappa shape index (κ2) is 6.92. The lowest BCUT2D eigenvalue weighted by Crippen LogP contribution is -2.31. The van der Waals surface area contributed by atoms with Crippen molar-refractivity contribution in [3.05, 3.63) is 28.8 Å². The molecule has 0 fully saturated rings. The number of aromatic hydroxyl groups is 1. The summed E-state index contributed by atoms with van der Waals surface area (Å²) in [4.78, 5) is 2.29. The first kappa shape index (κ1) is 16.0. The Hall–Kier alpha value is -1.06. The van der Waals surface area contributed by atoms with Gasteiger partial charge in [-0.15, -0.1) is 0 Å². The van der Waals surface area contributed by atoms with Crippen molar-refractivity contribution < 1.29 is 5.11 Å². The van der Waals surface area contributed by atoms with Crippen molar-refractivity contribution in [1.82, 2.24) is 4.90 Å². The predicted molar refractivity (Wildman–Crippen MR) is 81.3 cm³/mol. The molecule has 1 unspecified atom stereocenters. The van der Waals surface area contributed by atoms with E-state index in [0.29, 0.717) is 11.7 Å². The SMILES string of the molecule is Cc1cc(CN(C)CCC(N)C(C)C)cc(C)c1O. The van der Waals surface area contributed by atoms with E-state index in [1.807, 2.05) is 13.8 Å². The Balaban J connectivity index is 2.55. The topological polar surface area (TPSA) is 49.5 Å². The number of aryl methyl sites for hydroxylation is 2. The third kappa shape index (κ3) is 4.84. The van der Waals surface area contributed by atoms with Gasteiger partial charge in [-0.2, -0.15) is 0 Å². The number of phenolic OH excluding ortho intramolecular Hbond substituents is 1. The van der Waals surface area contributed by atoms with Gasteiger partial charge in [0.2, 0.25) is 0 Å². The van der Waals surface area contributed by atoms with Gasteiger partial charge in [-0.1, -0.05) is 26.0 Å². The smallest absolute Gasteiger partial charge is 0.121 e. The summed E-state index contributed by atoms with van der Waals surface area (Å²) in [5, 5.41) is 9.77. The Labute approximate surface area is 117 Å². The van der Waals surface area contributed by atoms with Gasteiger partial charge in [-0.25, -0.2) is 0 Å². The van der Waals surface area contributed by atoms with Gasteiger partial charge in [0.15, 0.2) is 0 Å². The van der Waals surface area contributed by atoms with Crippen LogP contribution in [-0.2, 0) is 6.54 Å². The van der Waals surface area contributed by atoms with Crippen molar-refractivity contribution in [3.63, 3.8) is 0 Å². The van der Waals surface area contributed by atoms with Gasteiger partial charge < -0.3 is 15.7 Å². The molecule has 0 bridgehead atoms. The Morgan fingerprint density at radius 2 is 1.74 bits per heavy atom. The standard InChI is InChI=1S/C16H28N2O/c1-11(2)15(17)6-7-18(5)10-14-8-12(3)16(19)13(4)9-14/h8-9,11,15,19H,6-7,10,17H2,1-5H3. The number of hydrogen-bond acceptors (Lipinski definition) is 3. The van der Waals surface area contributed by atoms with E-state index in [1.165, 1.54) is 5.56 Å². The number of nitrogens with two attached hydrogens (primary N) is 1. The zero-order valence-electron chi connectivity index (χ0n) is 12.9. The molecule has 1 aromatic rings. The molecule has 3 heteroatoms. The van der Waals surface area contributed by atoms with Gasteiger partial charge in [-0.05, 0) is 56.5 Å². The lowest BCUT2D eigenvalue weighted by atomic mass is 10.0. The summed E-state index contributed by atoms with van der Waals surface area (Å²) < 4.78 is 0. The summed E-state index contributed by atoms with van der Waals surface area (Å²) in [6.07, 6.45) is 1.02. The maximum absolute atomic E-state index is 9.77. The highest BCUT2D eigenvalue weighted by Gasteiger charge is 2.10. The lowest BCUT2D eigenvalue weighted by molar-refractivity contribution is 0.296. The van der Waals surface area contributed by atoms with Crippen LogP contribution in [0.15, 0.2) is 12.1 Å². The summed E-state index contributed by atoms with van der Waals surface area (Å²) in [5.74, 6) is 0.944. The molecule has 0 amide bonds. The molecule has 0 heterocycles. The molecular formula is C16H28N2O. The van der Waals surface area contributed by atoms with Crippen molar-refractivity contribution >= 4 is 0 Å². The van der Waals surface area contributed by atoms with Gasteiger partial charge in [0.05, 0.1) is 0 Å². The van der Waals surface area contributed by atoms with Crippen LogP contribution in [0.3, 0.4) is 0 Å². The zero-order chi connectivity index (χ0) is 14.6. The van der Waals surface area contributed by atoms with E-state index in [2.05, 4.69) is 37.9 Å². The second-order valence-corrected chi connectivity index (χ2v) is 6.01. The van der Waals surface area contributed by atoms with Gasteiger partial charge in [0, 0.05) is 12.6 Å². The van der Waals surface area contributed by atoms with Crippen LogP contribution in [0.4, 0.5) is 0 Å². The average molecular weight is 264 g/mol. The molecule has 0 aliphatic rings. The summed E-state index contributed by atoms with van der Waals surface area (Å²) in [7, 11) is 2.12. The van der Waals surface area contributed by atoms with Crippen molar-refractivity contribution in [1.29, 1.82) is 0 Å². The highest BCUT2D eigenvalue weighted by Crippen LogP contribution is 2.23. The molecule has 0 saturated heterocycles. The van der Waals surface area contributed by atoms with Crippen LogP contribution in [0.25, 0.3) is 0 Å². The summed E-state index contributed by atoms with van der Waals surface area (Å²) >= 11 is 0. The van der Waals surface area contributed by atoms with Crippen molar-refractivity contribution in [2.75, 3.05) is 13.6 Å². The Morgan fingerprint density at radius 1 is 1.21 bits per heavy atom. The molecule has 108 valence electrons. The molecule has 0 aliphatic heterocycles. The number of nitrogens with zero attached hydrogens (tertiary/aromatic N) is 1. The van der Waals surface area contributed by atoms with Crippen molar-refractivity contribution in [3.8, 4) is 5.75 Å².